The Morgan fingerprint density at radius 1 is 1.06 bits per heavy atom. The molecule has 1 aromatic rings. The van der Waals surface area contributed by atoms with Crippen LogP contribution in [0, 0.1) is 0 Å². The van der Waals surface area contributed by atoms with Crippen molar-refractivity contribution in [3.63, 3.8) is 0 Å². The Morgan fingerprint density at radius 3 is 2.47 bits per heavy atom. The SMILES string of the molecule is C=C1OC(c2ccccc2)C2(CCCCC2)O1. The van der Waals surface area contributed by atoms with Gasteiger partial charge in [-0.2, -0.15) is 0 Å². The van der Waals surface area contributed by atoms with Crippen molar-refractivity contribution in [2.75, 3.05) is 0 Å². The summed E-state index contributed by atoms with van der Waals surface area (Å²) in [6, 6.07) is 10.4. The van der Waals surface area contributed by atoms with Crippen molar-refractivity contribution in [3.05, 3.63) is 48.4 Å². The number of hydrogen-bond acceptors (Lipinski definition) is 2. The van der Waals surface area contributed by atoms with Crippen molar-refractivity contribution in [3.8, 4) is 0 Å². The van der Waals surface area contributed by atoms with Crippen LogP contribution in [0.25, 0.3) is 0 Å². The molecule has 1 heterocycles. The highest BCUT2D eigenvalue weighted by Crippen LogP contribution is 2.49. The van der Waals surface area contributed by atoms with Gasteiger partial charge in [-0.15, -0.1) is 0 Å². The summed E-state index contributed by atoms with van der Waals surface area (Å²) in [5.41, 5.74) is 1.05. The van der Waals surface area contributed by atoms with Crippen molar-refractivity contribution in [2.45, 2.75) is 43.8 Å². The van der Waals surface area contributed by atoms with Gasteiger partial charge in [0.05, 0.1) is 0 Å². The molecule has 1 saturated heterocycles. The molecule has 1 aliphatic heterocycles. The predicted octanol–water partition coefficient (Wildman–Crippen LogP) is 3.95. The molecule has 1 aliphatic carbocycles. The third-order valence-corrected chi connectivity index (χ3v) is 3.85. The van der Waals surface area contributed by atoms with Crippen molar-refractivity contribution < 1.29 is 9.47 Å². The van der Waals surface area contributed by atoms with Gasteiger partial charge in [0.1, 0.15) is 0 Å². The Labute approximate surface area is 102 Å². The molecule has 2 aliphatic rings. The van der Waals surface area contributed by atoms with Gasteiger partial charge >= 0.3 is 0 Å². The first kappa shape index (κ1) is 10.7. The molecule has 0 N–H and O–H groups in total. The van der Waals surface area contributed by atoms with E-state index in [-0.39, 0.29) is 11.7 Å². The molecule has 2 fully saturated rings. The molecule has 2 nitrogen and oxygen atoms in total. The van der Waals surface area contributed by atoms with E-state index in [0.717, 1.165) is 12.8 Å². The van der Waals surface area contributed by atoms with Crippen molar-refractivity contribution in [2.24, 2.45) is 0 Å². The lowest BCUT2D eigenvalue weighted by atomic mass is 9.78. The highest BCUT2D eigenvalue weighted by atomic mass is 16.7. The number of hydrogen-bond donors (Lipinski definition) is 0. The quantitative estimate of drug-likeness (QED) is 0.727. The topological polar surface area (TPSA) is 18.5 Å². The second-order valence-electron chi connectivity index (χ2n) is 5.01. The summed E-state index contributed by atoms with van der Waals surface area (Å²) in [6.07, 6.45) is 5.92. The number of benzene rings is 1. The molecule has 1 spiro atoms. The van der Waals surface area contributed by atoms with Gasteiger partial charge in [-0.05, 0) is 37.8 Å². The minimum absolute atomic E-state index is 0.0245. The third kappa shape index (κ3) is 1.82. The standard InChI is InChI=1S/C15H18O2/c1-12-16-14(13-8-4-2-5-9-13)15(17-12)10-6-3-7-11-15/h2,4-5,8-9,14H,1,3,6-7,10-11H2. The van der Waals surface area contributed by atoms with E-state index < -0.39 is 0 Å². The number of ether oxygens (including phenoxy) is 2. The van der Waals surface area contributed by atoms with E-state index in [1.165, 1.54) is 24.8 Å². The fourth-order valence-electron chi connectivity index (χ4n) is 3.06. The van der Waals surface area contributed by atoms with Crippen LogP contribution >= 0.6 is 0 Å². The van der Waals surface area contributed by atoms with Crippen LogP contribution in [0.4, 0.5) is 0 Å². The van der Waals surface area contributed by atoms with E-state index in [1.807, 2.05) is 6.07 Å². The maximum Gasteiger partial charge on any atom is 0.272 e. The van der Waals surface area contributed by atoms with Crippen LogP contribution in [-0.2, 0) is 9.47 Å². The fraction of sp³-hybridized carbons (Fsp3) is 0.467. The molecule has 0 radical (unpaired) electrons. The first-order valence-corrected chi connectivity index (χ1v) is 6.40. The highest BCUT2D eigenvalue weighted by Gasteiger charge is 2.49. The van der Waals surface area contributed by atoms with Crippen LogP contribution in [0.5, 0.6) is 0 Å². The second-order valence-corrected chi connectivity index (χ2v) is 5.01. The molecule has 0 bridgehead atoms. The van der Waals surface area contributed by atoms with Gasteiger partial charge < -0.3 is 9.47 Å². The van der Waals surface area contributed by atoms with Crippen LogP contribution in [0.2, 0.25) is 0 Å². The predicted molar refractivity (Wildman–Crippen MR) is 66.3 cm³/mol. The van der Waals surface area contributed by atoms with Gasteiger partial charge in [0.15, 0.2) is 11.7 Å². The van der Waals surface area contributed by atoms with Crippen LogP contribution in [0.3, 0.4) is 0 Å². The van der Waals surface area contributed by atoms with Crippen molar-refractivity contribution in [1.29, 1.82) is 0 Å². The van der Waals surface area contributed by atoms with E-state index in [0.29, 0.717) is 5.95 Å². The summed E-state index contributed by atoms with van der Waals surface area (Å²) in [4.78, 5) is 0. The zero-order chi connectivity index (χ0) is 11.7. The van der Waals surface area contributed by atoms with Gasteiger partial charge in [0.2, 0.25) is 0 Å². The summed E-state index contributed by atoms with van der Waals surface area (Å²) in [5.74, 6) is 0.487. The van der Waals surface area contributed by atoms with Gasteiger partial charge in [-0.1, -0.05) is 36.8 Å². The normalized spacial score (nSPS) is 26.6. The van der Waals surface area contributed by atoms with Crippen LogP contribution < -0.4 is 0 Å². The van der Waals surface area contributed by atoms with E-state index in [2.05, 4.69) is 30.8 Å². The molecule has 1 atom stereocenters. The molecular weight excluding hydrogens is 212 g/mol. The van der Waals surface area contributed by atoms with Crippen LogP contribution in [0.15, 0.2) is 42.9 Å². The Hall–Kier alpha value is -1.44. The zero-order valence-electron chi connectivity index (χ0n) is 10.0. The first-order valence-electron chi connectivity index (χ1n) is 6.40. The van der Waals surface area contributed by atoms with E-state index >= 15 is 0 Å². The van der Waals surface area contributed by atoms with Gasteiger partial charge in [-0.25, -0.2) is 0 Å². The molecule has 17 heavy (non-hydrogen) atoms. The number of rotatable bonds is 1. The molecule has 1 aromatic carbocycles. The minimum atomic E-state index is -0.156. The average Bonchev–Trinajstić information content (AvgIpc) is 2.68. The lowest BCUT2D eigenvalue weighted by molar-refractivity contribution is -0.0107. The Bertz CT molecular complexity index is 404. The Kier molecular flexibility index (Phi) is 2.58. The van der Waals surface area contributed by atoms with Gasteiger partial charge in [-0.3, -0.25) is 0 Å². The molecule has 90 valence electrons. The molecule has 1 unspecified atom stereocenters. The van der Waals surface area contributed by atoms with Crippen LogP contribution in [0.1, 0.15) is 43.8 Å². The minimum Gasteiger partial charge on any atom is -0.455 e. The van der Waals surface area contributed by atoms with Gasteiger partial charge in [0.25, 0.3) is 5.95 Å². The third-order valence-electron chi connectivity index (χ3n) is 3.85. The summed E-state index contributed by atoms with van der Waals surface area (Å²) in [5, 5.41) is 0. The molecule has 0 aromatic heterocycles. The summed E-state index contributed by atoms with van der Waals surface area (Å²) in [7, 11) is 0. The largest absolute Gasteiger partial charge is 0.455 e. The monoisotopic (exact) mass is 230 g/mol. The maximum atomic E-state index is 5.94. The fourth-order valence-corrected chi connectivity index (χ4v) is 3.06. The van der Waals surface area contributed by atoms with Gasteiger partial charge in [0, 0.05) is 0 Å². The molecule has 2 heteroatoms. The molecule has 1 saturated carbocycles. The lowest BCUT2D eigenvalue weighted by Crippen LogP contribution is -2.36. The molecular formula is C15H18O2. The second kappa shape index (κ2) is 4.10. The Morgan fingerprint density at radius 2 is 1.76 bits per heavy atom. The highest BCUT2D eigenvalue weighted by molar-refractivity contribution is 5.23. The summed E-state index contributed by atoms with van der Waals surface area (Å²) >= 11 is 0. The first-order chi connectivity index (χ1) is 8.30. The average molecular weight is 230 g/mol. The van der Waals surface area contributed by atoms with Crippen LogP contribution in [-0.4, -0.2) is 5.60 Å². The van der Waals surface area contributed by atoms with Crippen molar-refractivity contribution in [1.82, 2.24) is 0 Å². The zero-order valence-corrected chi connectivity index (χ0v) is 10.0. The van der Waals surface area contributed by atoms with E-state index in [1.54, 1.807) is 0 Å². The smallest absolute Gasteiger partial charge is 0.272 e. The lowest BCUT2D eigenvalue weighted by Gasteiger charge is -2.34. The van der Waals surface area contributed by atoms with Crippen molar-refractivity contribution >= 4 is 0 Å². The molecule has 3 rings (SSSR count). The van der Waals surface area contributed by atoms with E-state index in [9.17, 15) is 0 Å². The maximum absolute atomic E-state index is 5.94. The van der Waals surface area contributed by atoms with E-state index in [4.69, 9.17) is 9.47 Å². The summed E-state index contributed by atoms with van der Waals surface area (Å²) < 4.78 is 11.8. The molecule has 0 amide bonds. The Balaban J connectivity index is 1.94. The summed E-state index contributed by atoms with van der Waals surface area (Å²) in [6.45, 7) is 3.84.